The molecule has 2 heterocycles. The second-order valence-corrected chi connectivity index (χ2v) is 4.11. The summed E-state index contributed by atoms with van der Waals surface area (Å²) >= 11 is 1.43. The molecule has 0 aliphatic heterocycles. The van der Waals surface area contributed by atoms with Crippen LogP contribution in [0.3, 0.4) is 0 Å². The summed E-state index contributed by atoms with van der Waals surface area (Å²) < 4.78 is 13.2. The van der Waals surface area contributed by atoms with Crippen molar-refractivity contribution in [2.24, 2.45) is 0 Å². The molecule has 0 bridgehead atoms. The van der Waals surface area contributed by atoms with Gasteiger partial charge in [-0.25, -0.2) is 9.18 Å². The third kappa shape index (κ3) is 1.58. The number of hydrogen-bond acceptors (Lipinski definition) is 3. The average molecular weight is 210 g/mol. The van der Waals surface area contributed by atoms with Gasteiger partial charge in [-0.15, -0.1) is 11.3 Å². The average Bonchev–Trinajstić information content (AvgIpc) is 2.56. The second kappa shape index (κ2) is 3.34. The highest BCUT2D eigenvalue weighted by atomic mass is 32.1. The van der Waals surface area contributed by atoms with Crippen LogP contribution in [-0.2, 0) is 0 Å². The minimum atomic E-state index is -0.535. The lowest BCUT2D eigenvalue weighted by Gasteiger charge is -1.97. The Bertz CT molecular complexity index is 518. The fourth-order valence-corrected chi connectivity index (χ4v) is 2.00. The summed E-state index contributed by atoms with van der Waals surface area (Å²) in [5, 5.41) is 0. The van der Waals surface area contributed by atoms with Gasteiger partial charge in [-0.2, -0.15) is 4.98 Å². The number of nitrogens with one attached hydrogen (secondary N) is 1. The van der Waals surface area contributed by atoms with E-state index in [0.717, 1.165) is 11.1 Å². The number of aryl methyl sites for hydroxylation is 1. The van der Waals surface area contributed by atoms with Gasteiger partial charge < -0.3 is 4.98 Å². The number of halogens is 1. The van der Waals surface area contributed by atoms with Gasteiger partial charge in [-0.1, -0.05) is 0 Å². The van der Waals surface area contributed by atoms with Gasteiger partial charge in [0.1, 0.15) is 0 Å². The van der Waals surface area contributed by atoms with Crippen LogP contribution >= 0.6 is 11.3 Å². The Morgan fingerprint density at radius 3 is 2.93 bits per heavy atom. The van der Waals surface area contributed by atoms with Crippen molar-refractivity contribution in [3.05, 3.63) is 39.5 Å². The first kappa shape index (κ1) is 9.08. The number of aromatic amines is 1. The molecule has 0 amide bonds. The van der Waals surface area contributed by atoms with Crippen LogP contribution in [0.4, 0.5) is 4.39 Å². The molecule has 0 unspecified atom stereocenters. The molecule has 0 aliphatic carbocycles. The van der Waals surface area contributed by atoms with Crippen molar-refractivity contribution in [3.8, 4) is 10.6 Å². The standard InChI is InChI=1S/C9H7FN2OS/c1-5-2-3-7(14-5)8-6(10)4-11-9(13)12-8/h2-4H,1H3,(H,11,12,13). The highest BCUT2D eigenvalue weighted by Gasteiger charge is 2.08. The van der Waals surface area contributed by atoms with Gasteiger partial charge in [0, 0.05) is 4.88 Å². The van der Waals surface area contributed by atoms with Crippen LogP contribution in [0, 0.1) is 12.7 Å². The summed E-state index contributed by atoms with van der Waals surface area (Å²) in [5.41, 5.74) is -0.324. The molecule has 2 aromatic rings. The number of nitrogens with zero attached hydrogens (tertiary/aromatic N) is 1. The molecule has 0 saturated heterocycles. The number of aromatic nitrogens is 2. The van der Waals surface area contributed by atoms with Crippen molar-refractivity contribution in [2.75, 3.05) is 0 Å². The fourth-order valence-electron chi connectivity index (χ4n) is 1.13. The van der Waals surface area contributed by atoms with Gasteiger partial charge >= 0.3 is 5.69 Å². The third-order valence-electron chi connectivity index (χ3n) is 1.75. The second-order valence-electron chi connectivity index (χ2n) is 2.82. The summed E-state index contributed by atoms with van der Waals surface area (Å²) in [6, 6.07) is 3.65. The zero-order chi connectivity index (χ0) is 10.1. The molecule has 3 nitrogen and oxygen atoms in total. The molecule has 0 aromatic carbocycles. The molecule has 0 saturated carbocycles. The fraction of sp³-hybridized carbons (Fsp3) is 0.111. The number of thiophene rings is 1. The van der Waals surface area contributed by atoms with E-state index in [4.69, 9.17) is 0 Å². The van der Waals surface area contributed by atoms with E-state index < -0.39 is 11.5 Å². The predicted octanol–water partition coefficient (Wildman–Crippen LogP) is 1.95. The summed E-state index contributed by atoms with van der Waals surface area (Å²) in [6.07, 6.45) is 0.934. The van der Waals surface area contributed by atoms with Crippen molar-refractivity contribution < 1.29 is 4.39 Å². The van der Waals surface area contributed by atoms with E-state index in [0.29, 0.717) is 4.88 Å². The highest BCUT2D eigenvalue weighted by molar-refractivity contribution is 7.15. The summed E-state index contributed by atoms with van der Waals surface area (Å²) in [4.78, 5) is 18.3. The van der Waals surface area contributed by atoms with Crippen molar-refractivity contribution in [2.45, 2.75) is 6.92 Å². The molecule has 0 spiro atoms. The van der Waals surface area contributed by atoms with E-state index in [2.05, 4.69) is 9.97 Å². The minimum Gasteiger partial charge on any atom is -0.302 e. The van der Waals surface area contributed by atoms with E-state index in [1.165, 1.54) is 11.3 Å². The Hall–Kier alpha value is -1.49. The number of H-pyrrole nitrogens is 1. The zero-order valence-electron chi connectivity index (χ0n) is 7.37. The zero-order valence-corrected chi connectivity index (χ0v) is 8.19. The monoisotopic (exact) mass is 210 g/mol. The predicted molar refractivity (Wildman–Crippen MR) is 52.9 cm³/mol. The maximum Gasteiger partial charge on any atom is 0.345 e. The molecule has 0 atom stereocenters. The van der Waals surface area contributed by atoms with Crippen molar-refractivity contribution in [1.29, 1.82) is 0 Å². The van der Waals surface area contributed by atoms with Crippen LogP contribution in [0.25, 0.3) is 10.6 Å². The molecule has 0 radical (unpaired) electrons. The van der Waals surface area contributed by atoms with Crippen LogP contribution in [0.15, 0.2) is 23.1 Å². The summed E-state index contributed by atoms with van der Waals surface area (Å²) in [7, 11) is 0. The largest absolute Gasteiger partial charge is 0.345 e. The van der Waals surface area contributed by atoms with Gasteiger partial charge in [-0.05, 0) is 19.1 Å². The first-order valence-electron chi connectivity index (χ1n) is 3.98. The van der Waals surface area contributed by atoms with E-state index in [-0.39, 0.29) is 5.69 Å². The maximum atomic E-state index is 13.2. The highest BCUT2D eigenvalue weighted by Crippen LogP contribution is 2.26. The lowest BCUT2D eigenvalue weighted by atomic mass is 10.3. The van der Waals surface area contributed by atoms with E-state index in [1.54, 1.807) is 6.07 Å². The first-order chi connectivity index (χ1) is 6.66. The van der Waals surface area contributed by atoms with Gasteiger partial charge in [0.05, 0.1) is 16.8 Å². The Morgan fingerprint density at radius 1 is 1.50 bits per heavy atom. The van der Waals surface area contributed by atoms with E-state index in [9.17, 15) is 9.18 Å². The lowest BCUT2D eigenvalue weighted by Crippen LogP contribution is -2.11. The number of rotatable bonds is 1. The van der Waals surface area contributed by atoms with Crippen LogP contribution in [0.1, 0.15) is 4.88 Å². The molecule has 0 aliphatic rings. The summed E-state index contributed by atoms with van der Waals surface area (Å²) in [6.45, 7) is 1.92. The van der Waals surface area contributed by atoms with Crippen molar-refractivity contribution in [1.82, 2.24) is 9.97 Å². The van der Waals surface area contributed by atoms with Crippen LogP contribution < -0.4 is 5.69 Å². The molecule has 2 rings (SSSR count). The molecule has 2 aromatic heterocycles. The number of hydrogen-bond donors (Lipinski definition) is 1. The quantitative estimate of drug-likeness (QED) is 0.781. The van der Waals surface area contributed by atoms with Gasteiger partial charge in [-0.3, -0.25) is 0 Å². The minimum absolute atomic E-state index is 0.211. The Kier molecular flexibility index (Phi) is 2.17. The SMILES string of the molecule is Cc1ccc(-c2[nH]c(=O)ncc2F)s1. The van der Waals surface area contributed by atoms with Gasteiger partial charge in [0.2, 0.25) is 0 Å². The molecule has 5 heteroatoms. The van der Waals surface area contributed by atoms with Crippen LogP contribution in [-0.4, -0.2) is 9.97 Å². The topological polar surface area (TPSA) is 45.8 Å². The molecular weight excluding hydrogens is 203 g/mol. The molecule has 72 valence electrons. The van der Waals surface area contributed by atoms with Crippen LogP contribution in [0.5, 0.6) is 0 Å². The Morgan fingerprint density at radius 2 is 2.29 bits per heavy atom. The molecule has 14 heavy (non-hydrogen) atoms. The molecule has 0 fully saturated rings. The lowest BCUT2D eigenvalue weighted by molar-refractivity contribution is 0.616. The van der Waals surface area contributed by atoms with Crippen molar-refractivity contribution in [3.63, 3.8) is 0 Å². The first-order valence-corrected chi connectivity index (χ1v) is 4.80. The third-order valence-corrected chi connectivity index (χ3v) is 2.77. The Balaban J connectivity index is 2.61. The van der Waals surface area contributed by atoms with Crippen molar-refractivity contribution >= 4 is 11.3 Å². The normalized spacial score (nSPS) is 10.4. The molecular formula is C9H7FN2OS. The van der Waals surface area contributed by atoms with Gasteiger partial charge in [0.25, 0.3) is 0 Å². The Labute approximate surface area is 83.3 Å². The summed E-state index contributed by atoms with van der Waals surface area (Å²) in [5.74, 6) is -0.508. The smallest absolute Gasteiger partial charge is 0.302 e. The molecule has 1 N–H and O–H groups in total. The maximum absolute atomic E-state index is 13.2. The van der Waals surface area contributed by atoms with E-state index >= 15 is 0 Å². The van der Waals surface area contributed by atoms with Crippen LogP contribution in [0.2, 0.25) is 0 Å². The van der Waals surface area contributed by atoms with Gasteiger partial charge in [0.15, 0.2) is 5.82 Å². The van der Waals surface area contributed by atoms with E-state index in [1.807, 2.05) is 13.0 Å².